The number of amides is 1. The van der Waals surface area contributed by atoms with Gasteiger partial charge in [-0.2, -0.15) is 10.2 Å². The number of hydrogen-bond acceptors (Lipinski definition) is 5. The Morgan fingerprint density at radius 1 is 1.35 bits per heavy atom. The molecule has 142 valence electrons. The third-order valence-electron chi connectivity index (χ3n) is 4.17. The zero-order valence-electron chi connectivity index (χ0n) is 15.3. The predicted octanol–water partition coefficient (Wildman–Crippen LogP) is 2.41. The van der Waals surface area contributed by atoms with Gasteiger partial charge in [-0.05, 0) is 27.2 Å². The van der Waals surface area contributed by atoms with E-state index in [0.717, 1.165) is 12.1 Å². The Balaban J connectivity index is 1.82. The fourth-order valence-electron chi connectivity index (χ4n) is 2.71. The van der Waals surface area contributed by atoms with E-state index in [9.17, 15) is 14.9 Å². The maximum Gasteiger partial charge on any atom is 0.312 e. The molecule has 26 heavy (non-hydrogen) atoms. The average Bonchev–Trinajstić information content (AvgIpc) is 3.02. The van der Waals surface area contributed by atoms with Gasteiger partial charge in [0.15, 0.2) is 0 Å². The summed E-state index contributed by atoms with van der Waals surface area (Å²) < 4.78 is 3.27. The molecule has 0 radical (unpaired) electrons. The van der Waals surface area contributed by atoms with Crippen molar-refractivity contribution in [2.24, 2.45) is 5.92 Å². The van der Waals surface area contributed by atoms with Crippen molar-refractivity contribution in [1.82, 2.24) is 24.9 Å². The highest BCUT2D eigenvalue weighted by Crippen LogP contribution is 2.22. The Hall–Kier alpha value is -2.42. The highest BCUT2D eigenvalue weighted by molar-refractivity contribution is 6.31. The molecule has 2 heterocycles. The predicted molar refractivity (Wildman–Crippen MR) is 97.1 cm³/mol. The van der Waals surface area contributed by atoms with Gasteiger partial charge in [-0.15, -0.1) is 0 Å². The standard InChI is InChI=1S/C16H23ClN6O3/c1-10(8-22-13(4)15(23(25)26)12(3)20-22)16(24)18-6-5-7-21-9-14(17)11(2)19-21/h9-10H,5-8H2,1-4H3,(H,18,24). The zero-order valence-corrected chi connectivity index (χ0v) is 16.1. The lowest BCUT2D eigenvalue weighted by molar-refractivity contribution is -0.386. The first-order valence-electron chi connectivity index (χ1n) is 8.36. The second-order valence-electron chi connectivity index (χ2n) is 6.33. The summed E-state index contributed by atoms with van der Waals surface area (Å²) in [4.78, 5) is 22.8. The molecule has 0 aromatic carbocycles. The molecule has 9 nitrogen and oxygen atoms in total. The highest BCUT2D eigenvalue weighted by Gasteiger charge is 2.24. The van der Waals surface area contributed by atoms with Gasteiger partial charge in [0, 0.05) is 19.3 Å². The van der Waals surface area contributed by atoms with E-state index in [4.69, 9.17) is 11.6 Å². The number of aryl methyl sites for hydroxylation is 3. The zero-order chi connectivity index (χ0) is 19.4. The molecule has 2 aromatic rings. The van der Waals surface area contributed by atoms with Crippen LogP contribution in [0.5, 0.6) is 0 Å². The average molecular weight is 383 g/mol. The van der Waals surface area contributed by atoms with E-state index >= 15 is 0 Å². The van der Waals surface area contributed by atoms with Crippen LogP contribution in [0.2, 0.25) is 5.02 Å². The van der Waals surface area contributed by atoms with Crippen molar-refractivity contribution in [3.63, 3.8) is 0 Å². The molecule has 2 rings (SSSR count). The lowest BCUT2D eigenvalue weighted by Crippen LogP contribution is -2.33. The van der Waals surface area contributed by atoms with Gasteiger partial charge < -0.3 is 5.32 Å². The second kappa shape index (κ2) is 8.31. The number of carbonyl (C=O) groups is 1. The van der Waals surface area contributed by atoms with Crippen LogP contribution in [0, 0.1) is 36.8 Å². The van der Waals surface area contributed by atoms with Crippen molar-refractivity contribution >= 4 is 23.2 Å². The van der Waals surface area contributed by atoms with Crippen LogP contribution >= 0.6 is 11.6 Å². The van der Waals surface area contributed by atoms with Crippen LogP contribution in [0.4, 0.5) is 5.69 Å². The number of halogens is 1. The molecule has 0 bridgehead atoms. The number of carbonyl (C=O) groups excluding carboxylic acids is 1. The lowest BCUT2D eigenvalue weighted by atomic mass is 10.1. The van der Waals surface area contributed by atoms with E-state index in [1.807, 2.05) is 6.92 Å². The van der Waals surface area contributed by atoms with Gasteiger partial charge in [-0.3, -0.25) is 24.3 Å². The normalized spacial score (nSPS) is 12.2. The van der Waals surface area contributed by atoms with E-state index in [1.165, 1.54) is 4.68 Å². The van der Waals surface area contributed by atoms with Crippen LogP contribution in [-0.2, 0) is 17.9 Å². The molecule has 1 unspecified atom stereocenters. The topological polar surface area (TPSA) is 108 Å². The number of nitro groups is 1. The number of rotatable bonds is 8. The summed E-state index contributed by atoms with van der Waals surface area (Å²) in [5.41, 5.74) is 1.60. The summed E-state index contributed by atoms with van der Waals surface area (Å²) >= 11 is 5.95. The van der Waals surface area contributed by atoms with E-state index in [0.29, 0.717) is 36.0 Å². The first-order chi connectivity index (χ1) is 12.2. The SMILES string of the molecule is Cc1nn(CCCNC(=O)C(C)Cn2nc(C)c([N+](=O)[O-])c2C)cc1Cl. The molecule has 1 amide bonds. The van der Waals surface area contributed by atoms with Gasteiger partial charge in [0.05, 0.1) is 28.1 Å². The summed E-state index contributed by atoms with van der Waals surface area (Å²) in [6.07, 6.45) is 2.48. The number of hydrogen-bond donors (Lipinski definition) is 1. The Bertz CT molecular complexity index is 794. The van der Waals surface area contributed by atoms with Gasteiger partial charge in [0.1, 0.15) is 11.4 Å². The molecule has 0 spiro atoms. The highest BCUT2D eigenvalue weighted by atomic mass is 35.5. The van der Waals surface area contributed by atoms with Crippen LogP contribution in [0.15, 0.2) is 6.20 Å². The van der Waals surface area contributed by atoms with Gasteiger partial charge in [-0.1, -0.05) is 18.5 Å². The van der Waals surface area contributed by atoms with Crippen molar-refractivity contribution in [2.45, 2.75) is 47.2 Å². The van der Waals surface area contributed by atoms with Crippen molar-refractivity contribution in [2.75, 3.05) is 6.54 Å². The summed E-state index contributed by atoms with van der Waals surface area (Å²) in [5.74, 6) is -0.469. The largest absolute Gasteiger partial charge is 0.356 e. The summed E-state index contributed by atoms with van der Waals surface area (Å²) in [5, 5.41) is 23.0. The molecular formula is C16H23ClN6O3. The maximum atomic E-state index is 12.2. The van der Waals surface area contributed by atoms with E-state index in [1.54, 1.807) is 31.6 Å². The van der Waals surface area contributed by atoms with Crippen molar-refractivity contribution in [1.29, 1.82) is 0 Å². The molecule has 0 aliphatic rings. The first kappa shape index (κ1) is 19.9. The Kier molecular flexibility index (Phi) is 6.36. The minimum absolute atomic E-state index is 0.00536. The molecular weight excluding hydrogens is 360 g/mol. The van der Waals surface area contributed by atoms with E-state index in [-0.39, 0.29) is 17.5 Å². The van der Waals surface area contributed by atoms with E-state index < -0.39 is 4.92 Å². The quantitative estimate of drug-likeness (QED) is 0.428. The smallest absolute Gasteiger partial charge is 0.312 e. The van der Waals surface area contributed by atoms with Crippen LogP contribution in [0.3, 0.4) is 0 Å². The molecule has 2 aromatic heterocycles. The molecule has 0 saturated heterocycles. The monoisotopic (exact) mass is 382 g/mol. The van der Waals surface area contributed by atoms with Crippen LogP contribution in [0.1, 0.15) is 30.4 Å². The summed E-state index contributed by atoms with van der Waals surface area (Å²) in [7, 11) is 0. The van der Waals surface area contributed by atoms with Crippen LogP contribution < -0.4 is 5.32 Å². The molecule has 1 atom stereocenters. The van der Waals surface area contributed by atoms with Gasteiger partial charge >= 0.3 is 5.69 Å². The fourth-order valence-corrected chi connectivity index (χ4v) is 2.86. The van der Waals surface area contributed by atoms with Crippen LogP contribution in [0.25, 0.3) is 0 Å². The minimum Gasteiger partial charge on any atom is -0.356 e. The second-order valence-corrected chi connectivity index (χ2v) is 6.74. The molecule has 0 fully saturated rings. The third-order valence-corrected chi connectivity index (χ3v) is 4.54. The third kappa shape index (κ3) is 4.60. The number of aromatic nitrogens is 4. The molecule has 0 saturated carbocycles. The first-order valence-corrected chi connectivity index (χ1v) is 8.74. The maximum absolute atomic E-state index is 12.2. The lowest BCUT2D eigenvalue weighted by Gasteiger charge is -2.13. The fraction of sp³-hybridized carbons (Fsp3) is 0.562. The van der Waals surface area contributed by atoms with Crippen molar-refractivity contribution < 1.29 is 9.72 Å². The van der Waals surface area contributed by atoms with Crippen molar-refractivity contribution in [3.05, 3.63) is 38.4 Å². The molecule has 10 heteroatoms. The summed E-state index contributed by atoms with van der Waals surface area (Å²) in [6, 6.07) is 0. The summed E-state index contributed by atoms with van der Waals surface area (Å²) in [6.45, 7) is 8.30. The molecule has 1 N–H and O–H groups in total. The van der Waals surface area contributed by atoms with Gasteiger partial charge in [0.25, 0.3) is 0 Å². The Morgan fingerprint density at radius 3 is 2.58 bits per heavy atom. The van der Waals surface area contributed by atoms with E-state index in [2.05, 4.69) is 15.5 Å². The Morgan fingerprint density at radius 2 is 2.04 bits per heavy atom. The molecule has 0 aliphatic heterocycles. The van der Waals surface area contributed by atoms with Gasteiger partial charge in [0.2, 0.25) is 5.91 Å². The number of nitrogens with zero attached hydrogens (tertiary/aromatic N) is 5. The Labute approximate surface area is 156 Å². The molecule has 0 aliphatic carbocycles. The van der Waals surface area contributed by atoms with Crippen LogP contribution in [-0.4, -0.2) is 36.9 Å². The number of nitrogens with one attached hydrogen (secondary N) is 1. The van der Waals surface area contributed by atoms with Gasteiger partial charge in [-0.25, -0.2) is 0 Å². The minimum atomic E-state index is -0.442. The van der Waals surface area contributed by atoms with Crippen molar-refractivity contribution in [3.8, 4) is 0 Å².